The van der Waals surface area contributed by atoms with Crippen molar-refractivity contribution in [3.63, 3.8) is 0 Å². The Morgan fingerprint density at radius 1 is 1.18 bits per heavy atom. The summed E-state index contributed by atoms with van der Waals surface area (Å²) < 4.78 is 5.21. The number of Topliss-reactive ketones (excluding diaryl/α,β-unsaturated/α-hetero) is 1. The first-order valence-electron chi connectivity index (χ1n) is 10.7. The lowest BCUT2D eigenvalue weighted by Gasteiger charge is -2.16. The predicted octanol–water partition coefficient (Wildman–Crippen LogP) is 5.33. The van der Waals surface area contributed by atoms with E-state index in [2.05, 4.69) is 10.3 Å². The average Bonchev–Trinajstić information content (AvgIpc) is 3.35. The molecule has 0 radical (unpaired) electrons. The molecule has 0 saturated carbocycles. The van der Waals surface area contributed by atoms with Crippen LogP contribution in [-0.2, 0) is 15.0 Å². The topological polar surface area (TPSA) is 88.6 Å². The number of ether oxygens (including phenoxy) is 1. The minimum absolute atomic E-state index is 0.00486. The zero-order valence-electron chi connectivity index (χ0n) is 19.3. The highest BCUT2D eigenvalue weighted by molar-refractivity contribution is 7.14. The van der Waals surface area contributed by atoms with Gasteiger partial charge in [-0.15, -0.1) is 11.3 Å². The van der Waals surface area contributed by atoms with Crippen molar-refractivity contribution < 1.29 is 19.1 Å². The Hall–Kier alpha value is -3.23. The lowest BCUT2D eigenvalue weighted by molar-refractivity contribution is -0.121. The summed E-state index contributed by atoms with van der Waals surface area (Å²) in [7, 11) is 3.25. The molecule has 1 aliphatic rings. The van der Waals surface area contributed by atoms with Crippen LogP contribution in [0.3, 0.4) is 0 Å². The number of rotatable bonds is 7. The second kappa shape index (κ2) is 9.19. The maximum absolute atomic E-state index is 12.6. The van der Waals surface area contributed by atoms with Gasteiger partial charge in [0.05, 0.1) is 23.8 Å². The summed E-state index contributed by atoms with van der Waals surface area (Å²) in [5.74, 6) is -0.0623. The summed E-state index contributed by atoms with van der Waals surface area (Å²) in [6.07, 6.45) is 0.0209. The third-order valence-corrected chi connectivity index (χ3v) is 6.95. The number of nitrogens with one attached hydrogen (secondary N) is 1. The van der Waals surface area contributed by atoms with Crippen LogP contribution in [-0.4, -0.2) is 36.7 Å². The van der Waals surface area contributed by atoms with Crippen molar-refractivity contribution in [3.8, 4) is 17.0 Å². The summed E-state index contributed by atoms with van der Waals surface area (Å²) in [6, 6.07) is 10.6. The van der Waals surface area contributed by atoms with Crippen LogP contribution in [0.4, 0.5) is 10.8 Å². The van der Waals surface area contributed by atoms with Crippen LogP contribution < -0.4 is 15.0 Å². The van der Waals surface area contributed by atoms with Gasteiger partial charge < -0.3 is 15.0 Å². The Labute approximate surface area is 206 Å². The zero-order valence-corrected chi connectivity index (χ0v) is 20.8. The van der Waals surface area contributed by atoms with Crippen LogP contribution in [0.25, 0.3) is 11.3 Å². The van der Waals surface area contributed by atoms with Crippen LogP contribution >= 0.6 is 22.9 Å². The molecule has 0 aliphatic carbocycles. The first kappa shape index (κ1) is 23.9. The third kappa shape index (κ3) is 4.43. The number of amides is 2. The van der Waals surface area contributed by atoms with E-state index in [4.69, 9.17) is 16.3 Å². The molecule has 2 heterocycles. The molecular formula is C25H24ClN3O4S. The van der Waals surface area contributed by atoms with Gasteiger partial charge in [-0.25, -0.2) is 4.98 Å². The molecule has 2 aromatic carbocycles. The van der Waals surface area contributed by atoms with Crippen molar-refractivity contribution in [3.05, 3.63) is 57.9 Å². The number of nitrogens with zero attached hydrogens (tertiary/aromatic N) is 2. The van der Waals surface area contributed by atoms with Crippen molar-refractivity contribution in [2.75, 3.05) is 24.4 Å². The van der Waals surface area contributed by atoms with Crippen LogP contribution in [0.15, 0.2) is 41.8 Å². The van der Waals surface area contributed by atoms with E-state index in [0.717, 1.165) is 16.8 Å². The monoisotopic (exact) mass is 497 g/mol. The molecule has 9 heteroatoms. The minimum atomic E-state index is -0.606. The fraction of sp³-hybridized carbons (Fsp3) is 0.280. The van der Waals surface area contributed by atoms with Gasteiger partial charge in [0.15, 0.2) is 10.9 Å². The smallest absolute Gasteiger partial charge is 0.236 e. The Kier molecular flexibility index (Phi) is 6.47. The van der Waals surface area contributed by atoms with Gasteiger partial charge in [-0.2, -0.15) is 0 Å². The molecule has 0 atom stereocenters. The molecule has 2 amide bonds. The minimum Gasteiger partial charge on any atom is -0.496 e. The number of likely N-dealkylation sites (N-methyl/N-ethyl adjacent to an activating group) is 1. The first-order chi connectivity index (χ1) is 16.1. The number of halogens is 1. The zero-order chi connectivity index (χ0) is 24.6. The summed E-state index contributed by atoms with van der Waals surface area (Å²) in [5.41, 5.74) is 3.17. The van der Waals surface area contributed by atoms with Crippen LogP contribution in [0.1, 0.15) is 42.6 Å². The number of carbonyl (C=O) groups is 3. The fourth-order valence-corrected chi connectivity index (χ4v) is 4.95. The normalized spacial score (nSPS) is 14.1. The molecule has 0 bridgehead atoms. The first-order valence-corrected chi connectivity index (χ1v) is 11.9. The van der Waals surface area contributed by atoms with E-state index >= 15 is 0 Å². The summed E-state index contributed by atoms with van der Waals surface area (Å²) >= 11 is 7.29. The molecule has 0 unspecified atom stereocenters. The number of hydrogen-bond acceptors (Lipinski definition) is 6. The number of aromatic nitrogens is 1. The quantitative estimate of drug-likeness (QED) is 0.446. The molecule has 34 heavy (non-hydrogen) atoms. The fourth-order valence-electron chi connectivity index (χ4n) is 4.04. The Bertz CT molecular complexity index is 1300. The van der Waals surface area contributed by atoms with Crippen molar-refractivity contribution >= 4 is 51.4 Å². The van der Waals surface area contributed by atoms with E-state index in [1.807, 2.05) is 37.4 Å². The van der Waals surface area contributed by atoms with Gasteiger partial charge in [-0.3, -0.25) is 14.4 Å². The van der Waals surface area contributed by atoms with Crippen molar-refractivity contribution in [2.24, 2.45) is 0 Å². The van der Waals surface area contributed by atoms with Crippen LogP contribution in [0.2, 0.25) is 5.02 Å². The van der Waals surface area contributed by atoms with E-state index in [9.17, 15) is 14.4 Å². The molecule has 176 valence electrons. The second-order valence-corrected chi connectivity index (χ2v) is 9.87. The molecule has 1 N–H and O–H groups in total. The Morgan fingerprint density at radius 2 is 1.94 bits per heavy atom. The molecule has 4 rings (SSSR count). The van der Waals surface area contributed by atoms with Gasteiger partial charge in [0.2, 0.25) is 11.8 Å². The average molecular weight is 498 g/mol. The van der Waals surface area contributed by atoms with Gasteiger partial charge >= 0.3 is 0 Å². The summed E-state index contributed by atoms with van der Waals surface area (Å²) in [6.45, 7) is 3.82. The standard InChI is InChI=1S/C25H24ClN3O4S/c1-25(2)17-11-14(5-7-19(17)29(3)23(25)32)18-13-34-24(27-18)28-22(31)10-8-20(30)16-12-15(26)6-9-21(16)33-4/h5-7,9,11-13H,8,10H2,1-4H3,(H,27,28,31). The number of anilines is 2. The number of thiazole rings is 1. The molecule has 0 fully saturated rings. The SMILES string of the molecule is COc1ccc(Cl)cc1C(=O)CCC(=O)Nc1nc(-c2ccc3c(c2)C(C)(C)C(=O)N3C)cs1. The highest BCUT2D eigenvalue weighted by atomic mass is 35.5. The predicted molar refractivity (Wildman–Crippen MR) is 134 cm³/mol. The summed E-state index contributed by atoms with van der Waals surface area (Å²) in [4.78, 5) is 43.7. The van der Waals surface area contributed by atoms with Crippen molar-refractivity contribution in [1.29, 1.82) is 0 Å². The van der Waals surface area contributed by atoms with E-state index in [1.165, 1.54) is 24.5 Å². The molecule has 3 aromatic rings. The van der Waals surface area contributed by atoms with Gasteiger partial charge in [0, 0.05) is 41.5 Å². The summed E-state index contributed by atoms with van der Waals surface area (Å²) in [5, 5.41) is 5.48. The van der Waals surface area contributed by atoms with Gasteiger partial charge in [-0.05, 0) is 49.7 Å². The lowest BCUT2D eigenvalue weighted by atomic mass is 9.85. The maximum atomic E-state index is 12.6. The lowest BCUT2D eigenvalue weighted by Crippen LogP contribution is -2.33. The van der Waals surface area contributed by atoms with E-state index < -0.39 is 5.41 Å². The van der Waals surface area contributed by atoms with Crippen molar-refractivity contribution in [1.82, 2.24) is 4.98 Å². The van der Waals surface area contributed by atoms with Gasteiger partial charge in [0.1, 0.15) is 5.75 Å². The number of benzene rings is 2. The molecule has 0 spiro atoms. The Morgan fingerprint density at radius 3 is 2.68 bits per heavy atom. The Balaban J connectivity index is 1.42. The molecule has 7 nitrogen and oxygen atoms in total. The largest absolute Gasteiger partial charge is 0.496 e. The van der Waals surface area contributed by atoms with E-state index in [-0.39, 0.29) is 30.4 Å². The highest BCUT2D eigenvalue weighted by Crippen LogP contribution is 2.42. The maximum Gasteiger partial charge on any atom is 0.236 e. The number of carbonyl (C=O) groups excluding carboxylic acids is 3. The molecule has 0 saturated heterocycles. The molecule has 1 aliphatic heterocycles. The van der Waals surface area contributed by atoms with Crippen LogP contribution in [0, 0.1) is 0 Å². The number of ketones is 1. The van der Waals surface area contributed by atoms with Gasteiger partial charge in [-0.1, -0.05) is 17.7 Å². The van der Waals surface area contributed by atoms with Crippen molar-refractivity contribution in [2.45, 2.75) is 32.1 Å². The molecule has 1 aromatic heterocycles. The molecular weight excluding hydrogens is 474 g/mol. The van der Waals surface area contributed by atoms with E-state index in [0.29, 0.717) is 27.2 Å². The third-order valence-electron chi connectivity index (χ3n) is 5.96. The highest BCUT2D eigenvalue weighted by Gasteiger charge is 2.42. The number of methoxy groups -OCH3 is 1. The van der Waals surface area contributed by atoms with E-state index in [1.54, 1.807) is 24.1 Å². The number of hydrogen-bond donors (Lipinski definition) is 1. The van der Waals surface area contributed by atoms with Crippen LogP contribution in [0.5, 0.6) is 5.75 Å². The second-order valence-electron chi connectivity index (χ2n) is 8.57. The number of fused-ring (bicyclic) bond motifs is 1. The van der Waals surface area contributed by atoms with Gasteiger partial charge in [0.25, 0.3) is 0 Å².